The van der Waals surface area contributed by atoms with E-state index in [1.165, 1.54) is 0 Å². The van der Waals surface area contributed by atoms with Crippen LogP contribution >= 0.6 is 0 Å². The first kappa shape index (κ1) is 8.67. The Morgan fingerprint density at radius 2 is 2.36 bits per heavy atom. The van der Waals surface area contributed by atoms with E-state index in [1.807, 2.05) is 0 Å². The highest BCUT2D eigenvalue weighted by Gasteiger charge is 2.34. The van der Waals surface area contributed by atoms with Crippen LogP contribution in [0.3, 0.4) is 0 Å². The Balaban J connectivity index is 2.76. The van der Waals surface area contributed by atoms with Crippen LogP contribution in [0.1, 0.15) is 19.3 Å². The third kappa shape index (κ3) is 1.59. The Morgan fingerprint density at radius 3 is 2.82 bits per heavy atom. The summed E-state index contributed by atoms with van der Waals surface area (Å²) in [5.74, 6) is -1.65. The van der Waals surface area contributed by atoms with Crippen LogP contribution in [0.2, 0.25) is 0 Å². The number of hydrogen-bond donors (Lipinski definition) is 3. The van der Waals surface area contributed by atoms with Crippen LogP contribution in [0.15, 0.2) is 11.6 Å². The Bertz CT molecular complexity index is 166. The molecule has 0 spiro atoms. The summed E-state index contributed by atoms with van der Waals surface area (Å²) in [5, 5.41) is 26.5. The largest absolute Gasteiger partial charge is 0.392 e. The first-order valence-corrected chi connectivity index (χ1v) is 3.58. The second kappa shape index (κ2) is 3.32. The number of allylic oxidation sites excluding steroid dienone is 1. The van der Waals surface area contributed by atoms with Crippen molar-refractivity contribution in [3.8, 4) is 0 Å². The number of hydrogen-bond acceptors (Lipinski definition) is 4. The van der Waals surface area contributed by atoms with E-state index in [0.29, 0.717) is 12.0 Å². The van der Waals surface area contributed by atoms with Crippen molar-refractivity contribution < 1.29 is 20.4 Å². The first-order chi connectivity index (χ1) is 5.23. The second-order valence-electron chi connectivity index (χ2n) is 2.66. The van der Waals surface area contributed by atoms with Crippen LogP contribution in [0.5, 0.6) is 0 Å². The molecule has 0 aliphatic heterocycles. The third-order valence-electron chi connectivity index (χ3n) is 1.93. The van der Waals surface area contributed by atoms with Gasteiger partial charge in [-0.3, -0.25) is 0 Å². The minimum absolute atomic E-state index is 0.281. The summed E-state index contributed by atoms with van der Waals surface area (Å²) < 4.78 is 0. The number of aliphatic hydroxyl groups excluding tert-OH is 1. The Labute approximate surface area is 64.7 Å². The molecule has 0 bridgehead atoms. The topological polar surface area (TPSA) is 69.9 Å². The van der Waals surface area contributed by atoms with E-state index in [2.05, 4.69) is 4.89 Å². The molecule has 1 atom stereocenters. The van der Waals surface area contributed by atoms with Crippen LogP contribution in [-0.2, 0) is 4.89 Å². The zero-order valence-electron chi connectivity index (χ0n) is 6.16. The van der Waals surface area contributed by atoms with Gasteiger partial charge in [0, 0.05) is 12.0 Å². The van der Waals surface area contributed by atoms with Crippen molar-refractivity contribution in [1.82, 2.24) is 0 Å². The van der Waals surface area contributed by atoms with Gasteiger partial charge in [-0.2, -0.15) is 4.89 Å². The molecule has 1 rings (SSSR count). The Morgan fingerprint density at radius 1 is 1.64 bits per heavy atom. The quantitative estimate of drug-likeness (QED) is 0.235. The van der Waals surface area contributed by atoms with Crippen molar-refractivity contribution in [2.45, 2.75) is 25.0 Å². The SMILES string of the molecule is OCC1=CCCCC1(O)OO. The van der Waals surface area contributed by atoms with Gasteiger partial charge >= 0.3 is 0 Å². The van der Waals surface area contributed by atoms with Crippen molar-refractivity contribution in [2.75, 3.05) is 6.61 Å². The predicted molar refractivity (Wildman–Crippen MR) is 37.7 cm³/mol. The zero-order chi connectivity index (χ0) is 8.32. The van der Waals surface area contributed by atoms with Crippen molar-refractivity contribution in [3.63, 3.8) is 0 Å². The molecule has 0 fully saturated rings. The highest BCUT2D eigenvalue weighted by atomic mass is 17.1. The molecular weight excluding hydrogens is 148 g/mol. The van der Waals surface area contributed by atoms with E-state index in [1.54, 1.807) is 6.08 Å². The van der Waals surface area contributed by atoms with Gasteiger partial charge in [0.1, 0.15) is 0 Å². The molecule has 11 heavy (non-hydrogen) atoms. The second-order valence-corrected chi connectivity index (χ2v) is 2.66. The minimum atomic E-state index is -1.65. The molecular formula is C7H12O4. The van der Waals surface area contributed by atoms with E-state index >= 15 is 0 Å². The highest BCUT2D eigenvalue weighted by molar-refractivity contribution is 5.15. The van der Waals surface area contributed by atoms with Gasteiger partial charge in [-0.25, -0.2) is 5.26 Å². The minimum Gasteiger partial charge on any atom is -0.392 e. The fourth-order valence-electron chi connectivity index (χ4n) is 1.23. The average Bonchev–Trinajstić information content (AvgIpc) is 2.05. The first-order valence-electron chi connectivity index (χ1n) is 3.58. The van der Waals surface area contributed by atoms with Crippen molar-refractivity contribution >= 4 is 0 Å². The predicted octanol–water partition coefficient (Wildman–Crippen LogP) is 0.267. The molecule has 3 N–H and O–H groups in total. The van der Waals surface area contributed by atoms with Crippen molar-refractivity contribution in [3.05, 3.63) is 11.6 Å². The Hall–Kier alpha value is -0.420. The molecule has 4 heteroatoms. The number of rotatable bonds is 2. The van der Waals surface area contributed by atoms with Gasteiger partial charge in [0.2, 0.25) is 5.79 Å². The summed E-state index contributed by atoms with van der Waals surface area (Å²) in [6.45, 7) is -0.281. The summed E-state index contributed by atoms with van der Waals surface area (Å²) in [6, 6.07) is 0. The highest BCUT2D eigenvalue weighted by Crippen LogP contribution is 2.28. The molecule has 64 valence electrons. The normalized spacial score (nSPS) is 31.7. The molecule has 0 saturated heterocycles. The summed E-state index contributed by atoms with van der Waals surface area (Å²) in [6.07, 6.45) is 3.57. The molecule has 0 aromatic heterocycles. The zero-order valence-corrected chi connectivity index (χ0v) is 6.16. The van der Waals surface area contributed by atoms with Gasteiger partial charge in [-0.1, -0.05) is 6.08 Å². The van der Waals surface area contributed by atoms with Crippen LogP contribution in [0.4, 0.5) is 0 Å². The molecule has 4 nitrogen and oxygen atoms in total. The van der Waals surface area contributed by atoms with E-state index in [4.69, 9.17) is 10.4 Å². The maximum Gasteiger partial charge on any atom is 0.223 e. The summed E-state index contributed by atoms with van der Waals surface area (Å²) >= 11 is 0. The number of aliphatic hydroxyl groups is 2. The molecule has 1 aliphatic carbocycles. The molecule has 0 heterocycles. The van der Waals surface area contributed by atoms with Gasteiger partial charge < -0.3 is 10.2 Å². The maximum atomic E-state index is 9.44. The maximum absolute atomic E-state index is 9.44. The van der Waals surface area contributed by atoms with Gasteiger partial charge in [0.25, 0.3) is 0 Å². The molecule has 0 saturated carbocycles. The monoisotopic (exact) mass is 160 g/mol. The lowest BCUT2D eigenvalue weighted by atomic mass is 9.93. The van der Waals surface area contributed by atoms with Gasteiger partial charge in [0.15, 0.2) is 0 Å². The smallest absolute Gasteiger partial charge is 0.223 e. The lowest BCUT2D eigenvalue weighted by molar-refractivity contribution is -0.380. The van der Waals surface area contributed by atoms with Gasteiger partial charge in [0.05, 0.1) is 6.61 Å². The molecule has 0 aromatic carbocycles. The van der Waals surface area contributed by atoms with Crippen molar-refractivity contribution in [2.24, 2.45) is 0 Å². The van der Waals surface area contributed by atoms with E-state index in [9.17, 15) is 5.11 Å². The summed E-state index contributed by atoms with van der Waals surface area (Å²) in [7, 11) is 0. The average molecular weight is 160 g/mol. The van der Waals surface area contributed by atoms with Crippen LogP contribution in [0, 0.1) is 0 Å². The molecule has 1 unspecified atom stereocenters. The fraction of sp³-hybridized carbons (Fsp3) is 0.714. The van der Waals surface area contributed by atoms with Crippen LogP contribution < -0.4 is 0 Å². The van der Waals surface area contributed by atoms with E-state index < -0.39 is 5.79 Å². The van der Waals surface area contributed by atoms with E-state index in [0.717, 1.165) is 12.8 Å². The van der Waals surface area contributed by atoms with Gasteiger partial charge in [-0.05, 0) is 12.8 Å². The molecule has 0 radical (unpaired) electrons. The van der Waals surface area contributed by atoms with Gasteiger partial charge in [-0.15, -0.1) is 0 Å². The molecule has 0 amide bonds. The summed E-state index contributed by atoms with van der Waals surface area (Å²) in [4.78, 5) is 3.91. The lowest BCUT2D eigenvalue weighted by Crippen LogP contribution is -2.36. The molecule has 1 aliphatic rings. The van der Waals surface area contributed by atoms with E-state index in [-0.39, 0.29) is 6.61 Å². The standard InChI is InChI=1S/C7H12O4/c8-5-6-3-1-2-4-7(6,9)11-10/h3,8-10H,1-2,4-5H2. The summed E-state index contributed by atoms with van der Waals surface area (Å²) in [5.41, 5.74) is 0.339. The third-order valence-corrected chi connectivity index (χ3v) is 1.93. The Kier molecular flexibility index (Phi) is 2.62. The lowest BCUT2D eigenvalue weighted by Gasteiger charge is -2.29. The van der Waals surface area contributed by atoms with Crippen molar-refractivity contribution in [1.29, 1.82) is 0 Å². The van der Waals surface area contributed by atoms with Crippen LogP contribution in [0.25, 0.3) is 0 Å². The van der Waals surface area contributed by atoms with Crippen LogP contribution in [-0.4, -0.2) is 27.9 Å². The fourth-order valence-corrected chi connectivity index (χ4v) is 1.23. The molecule has 0 aromatic rings.